The van der Waals surface area contributed by atoms with Gasteiger partial charge in [-0.05, 0) is 0 Å². The minimum absolute atomic E-state index is 1.29. The zero-order valence-corrected chi connectivity index (χ0v) is 27.5. The van der Waals surface area contributed by atoms with E-state index < -0.39 is 7.26 Å². The first-order chi connectivity index (χ1) is 20.3. The Kier molecular flexibility index (Phi) is 17.8. The Morgan fingerprint density at radius 1 is 0.341 bits per heavy atom. The number of rotatable bonds is 24. The Labute approximate surface area is 255 Å². The predicted molar refractivity (Wildman–Crippen MR) is 188 cm³/mol. The molecule has 3 rings (SSSR count). The van der Waals surface area contributed by atoms with Crippen molar-refractivity contribution in [2.24, 2.45) is 0 Å². The molecule has 0 N–H and O–H groups in total. The van der Waals surface area contributed by atoms with E-state index >= 15 is 0 Å². The van der Waals surface area contributed by atoms with Crippen molar-refractivity contribution < 1.29 is 0 Å². The van der Waals surface area contributed by atoms with Crippen LogP contribution in [0, 0.1) is 0 Å². The summed E-state index contributed by atoms with van der Waals surface area (Å²) in [6, 6.07) is 34.1. The topological polar surface area (TPSA) is 0 Å². The van der Waals surface area contributed by atoms with Gasteiger partial charge in [-0.3, -0.25) is 0 Å². The van der Waals surface area contributed by atoms with Gasteiger partial charge in [-0.1, -0.05) is 45.4 Å². The summed E-state index contributed by atoms with van der Waals surface area (Å²) in [5.74, 6) is 0. The van der Waals surface area contributed by atoms with Crippen LogP contribution in [-0.2, 0) is 18.5 Å². The summed E-state index contributed by atoms with van der Waals surface area (Å²) in [6.45, 7) is 2.31. The summed E-state index contributed by atoms with van der Waals surface area (Å²) in [5, 5.41) is 0. The van der Waals surface area contributed by atoms with Crippen LogP contribution in [0.1, 0.15) is 133 Å². The SMILES string of the molecule is CCCCCCCCCCCCCCCCCCC[PH](Cc1ccccc1)(Cc1ccccc1)Cc1ccccc1. The molecule has 0 atom stereocenters. The maximum atomic E-state index is 2.37. The van der Waals surface area contributed by atoms with Gasteiger partial charge < -0.3 is 0 Å². The molecule has 0 saturated heterocycles. The molecular formula is C40H61P. The molecule has 0 aliphatic carbocycles. The van der Waals surface area contributed by atoms with Crippen LogP contribution in [0.25, 0.3) is 0 Å². The van der Waals surface area contributed by atoms with E-state index in [0.717, 1.165) is 0 Å². The van der Waals surface area contributed by atoms with Gasteiger partial charge in [-0.2, -0.15) is 0 Å². The molecule has 226 valence electrons. The van der Waals surface area contributed by atoms with Crippen molar-refractivity contribution in [2.75, 3.05) is 6.16 Å². The molecule has 3 aromatic carbocycles. The molecule has 0 bridgehead atoms. The van der Waals surface area contributed by atoms with Crippen LogP contribution >= 0.6 is 7.26 Å². The molecule has 3 aromatic rings. The molecule has 0 saturated carbocycles. The second kappa shape index (κ2) is 21.7. The predicted octanol–water partition coefficient (Wildman–Crippen LogP) is 13.0. The van der Waals surface area contributed by atoms with Gasteiger partial charge >= 0.3 is 210 Å². The van der Waals surface area contributed by atoms with Crippen molar-refractivity contribution in [1.29, 1.82) is 0 Å². The van der Waals surface area contributed by atoms with Crippen molar-refractivity contribution in [2.45, 2.75) is 135 Å². The fourth-order valence-electron chi connectivity index (χ4n) is 6.76. The Hall–Kier alpha value is -1.91. The van der Waals surface area contributed by atoms with E-state index in [1.807, 2.05) is 0 Å². The molecular weight excluding hydrogens is 511 g/mol. The molecule has 0 aliphatic rings. The number of hydrogen-bond acceptors (Lipinski definition) is 0. The van der Waals surface area contributed by atoms with Crippen molar-refractivity contribution in [3.05, 3.63) is 108 Å². The monoisotopic (exact) mass is 572 g/mol. The van der Waals surface area contributed by atoms with Gasteiger partial charge in [-0.25, -0.2) is 0 Å². The van der Waals surface area contributed by atoms with Gasteiger partial charge in [0.05, 0.1) is 0 Å². The van der Waals surface area contributed by atoms with E-state index in [1.54, 1.807) is 0 Å². The molecule has 0 heterocycles. The third-order valence-corrected chi connectivity index (χ3v) is 14.0. The van der Waals surface area contributed by atoms with Crippen molar-refractivity contribution in [3.8, 4) is 0 Å². The standard InChI is InChI=1S/C40H61P/c1-2-3-4-5-6-7-8-9-10-11-12-13-14-15-16-17-27-34-41(35-38-28-21-18-22-29-38,36-39-30-23-19-24-31-39)37-40-32-25-20-26-33-40/h18-26,28-33,41H,2-17,27,34-37H2,1H3. The Bertz CT molecular complexity index is 880. The molecule has 0 unspecified atom stereocenters. The van der Waals surface area contributed by atoms with E-state index in [1.165, 1.54) is 150 Å². The molecule has 0 aromatic heterocycles. The number of benzene rings is 3. The third kappa shape index (κ3) is 15.2. The van der Waals surface area contributed by atoms with Crippen molar-refractivity contribution in [1.82, 2.24) is 0 Å². The van der Waals surface area contributed by atoms with Crippen molar-refractivity contribution in [3.63, 3.8) is 0 Å². The number of unbranched alkanes of at least 4 members (excludes halogenated alkanes) is 16. The average molecular weight is 573 g/mol. The van der Waals surface area contributed by atoms with Crippen LogP contribution < -0.4 is 0 Å². The first-order valence-corrected chi connectivity index (χ1v) is 20.2. The van der Waals surface area contributed by atoms with Crippen molar-refractivity contribution >= 4 is 7.26 Å². The molecule has 0 fully saturated rings. The van der Waals surface area contributed by atoms with Crippen LogP contribution in [0.5, 0.6) is 0 Å². The third-order valence-electron chi connectivity index (χ3n) is 9.08. The van der Waals surface area contributed by atoms with E-state index in [9.17, 15) is 0 Å². The Morgan fingerprint density at radius 3 is 0.902 bits per heavy atom. The van der Waals surface area contributed by atoms with Gasteiger partial charge in [-0.15, -0.1) is 0 Å². The Balaban J connectivity index is 1.39. The quantitative estimate of drug-likeness (QED) is 0.0739. The summed E-state index contributed by atoms with van der Waals surface area (Å²) >= 11 is 0. The van der Waals surface area contributed by atoms with Gasteiger partial charge in [0.2, 0.25) is 0 Å². The van der Waals surface area contributed by atoms with Crippen LogP contribution in [-0.4, -0.2) is 6.16 Å². The van der Waals surface area contributed by atoms with Gasteiger partial charge in [0.1, 0.15) is 0 Å². The van der Waals surface area contributed by atoms with Crippen LogP contribution in [0.15, 0.2) is 91.0 Å². The van der Waals surface area contributed by atoms with Crippen LogP contribution in [0.2, 0.25) is 0 Å². The second-order valence-corrected chi connectivity index (χ2v) is 17.5. The van der Waals surface area contributed by atoms with Crippen LogP contribution in [0.3, 0.4) is 0 Å². The molecule has 0 radical (unpaired) electrons. The summed E-state index contributed by atoms with van der Waals surface area (Å²) in [6.07, 6.45) is 29.8. The first kappa shape index (κ1) is 33.6. The summed E-state index contributed by atoms with van der Waals surface area (Å²) in [5.41, 5.74) is 4.62. The molecule has 0 spiro atoms. The normalized spacial score (nSPS) is 12.0. The number of hydrogen-bond donors (Lipinski definition) is 0. The minimum atomic E-state index is -1.63. The molecule has 0 nitrogen and oxygen atoms in total. The Morgan fingerprint density at radius 2 is 0.610 bits per heavy atom. The molecule has 0 aliphatic heterocycles. The fraction of sp³-hybridized carbons (Fsp3) is 0.550. The van der Waals surface area contributed by atoms with Crippen LogP contribution in [0.4, 0.5) is 0 Å². The maximum absolute atomic E-state index is 2.37. The summed E-state index contributed by atoms with van der Waals surface area (Å²) in [7, 11) is -1.63. The second-order valence-electron chi connectivity index (χ2n) is 12.9. The first-order valence-electron chi connectivity index (χ1n) is 17.4. The zero-order chi connectivity index (χ0) is 28.7. The van der Waals surface area contributed by atoms with Gasteiger partial charge in [0.15, 0.2) is 0 Å². The average Bonchev–Trinajstić information content (AvgIpc) is 3.00. The molecule has 1 heteroatoms. The molecule has 0 amide bonds. The van der Waals surface area contributed by atoms with Gasteiger partial charge in [0.25, 0.3) is 0 Å². The van der Waals surface area contributed by atoms with E-state index in [2.05, 4.69) is 97.9 Å². The van der Waals surface area contributed by atoms with E-state index in [-0.39, 0.29) is 0 Å². The fourth-order valence-corrected chi connectivity index (χ4v) is 12.0. The zero-order valence-electron chi connectivity index (χ0n) is 26.5. The van der Waals surface area contributed by atoms with E-state index in [0.29, 0.717) is 0 Å². The van der Waals surface area contributed by atoms with E-state index in [4.69, 9.17) is 0 Å². The van der Waals surface area contributed by atoms with Gasteiger partial charge in [0, 0.05) is 0 Å². The summed E-state index contributed by atoms with van der Waals surface area (Å²) in [4.78, 5) is 0. The molecule has 41 heavy (non-hydrogen) atoms. The summed E-state index contributed by atoms with van der Waals surface area (Å²) < 4.78 is 0.